The summed E-state index contributed by atoms with van der Waals surface area (Å²) < 4.78 is 0. The van der Waals surface area contributed by atoms with E-state index in [-0.39, 0.29) is 5.92 Å². The fourth-order valence-electron chi connectivity index (χ4n) is 1.49. The van der Waals surface area contributed by atoms with E-state index >= 15 is 0 Å². The smallest absolute Gasteiger partial charge is 0.0856 e. The van der Waals surface area contributed by atoms with Gasteiger partial charge < -0.3 is 5.11 Å². The number of rotatable bonds is 4. The molecule has 0 saturated carbocycles. The number of aliphatic hydroxyl groups is 1. The van der Waals surface area contributed by atoms with Crippen LogP contribution in [0.25, 0.3) is 0 Å². The molecule has 0 fully saturated rings. The summed E-state index contributed by atoms with van der Waals surface area (Å²) in [4.78, 5) is 0. The van der Waals surface area contributed by atoms with Crippen molar-refractivity contribution < 1.29 is 5.11 Å². The van der Waals surface area contributed by atoms with Gasteiger partial charge in [0, 0.05) is 5.92 Å². The summed E-state index contributed by atoms with van der Waals surface area (Å²) in [5, 5.41) is 10.1. The lowest BCUT2D eigenvalue weighted by Crippen LogP contribution is -2.14. The predicted octanol–water partition coefficient (Wildman–Crippen LogP) is 3.94. The highest BCUT2D eigenvalue weighted by Crippen LogP contribution is 2.22. The van der Waals surface area contributed by atoms with Crippen LogP contribution in [0.15, 0.2) is 47.8 Å². The largest absolute Gasteiger partial charge is 0.388 e. The van der Waals surface area contributed by atoms with Crippen LogP contribution < -0.4 is 0 Å². The normalized spacial score (nSPS) is 14.6. The van der Waals surface area contributed by atoms with Gasteiger partial charge in [-0.25, -0.2) is 0 Å². The SMILES string of the molecule is C[C@H](C=C=C[Si](C)(C)C)C(O)c1ccccc1. The van der Waals surface area contributed by atoms with E-state index in [0.717, 1.165) is 5.56 Å². The van der Waals surface area contributed by atoms with Crippen molar-refractivity contribution in [3.63, 3.8) is 0 Å². The second kappa shape index (κ2) is 6.01. The number of benzene rings is 1. The molecule has 0 saturated heterocycles. The molecule has 0 aliphatic heterocycles. The van der Waals surface area contributed by atoms with Crippen molar-refractivity contribution in [1.82, 2.24) is 0 Å². The first-order chi connectivity index (χ1) is 7.90. The quantitative estimate of drug-likeness (QED) is 0.630. The lowest BCUT2D eigenvalue weighted by atomic mass is 9.98. The summed E-state index contributed by atoms with van der Waals surface area (Å²) in [5.41, 5.74) is 6.36. The van der Waals surface area contributed by atoms with Crippen LogP contribution in [0.1, 0.15) is 18.6 Å². The van der Waals surface area contributed by atoms with E-state index in [9.17, 15) is 5.11 Å². The molecule has 92 valence electrons. The van der Waals surface area contributed by atoms with Crippen molar-refractivity contribution in [3.8, 4) is 0 Å². The van der Waals surface area contributed by atoms with Crippen molar-refractivity contribution in [2.75, 3.05) is 0 Å². The van der Waals surface area contributed by atoms with Gasteiger partial charge in [0.05, 0.1) is 14.2 Å². The fraction of sp³-hybridized carbons (Fsp3) is 0.400. The Morgan fingerprint density at radius 2 is 1.76 bits per heavy atom. The molecule has 0 aliphatic rings. The average molecular weight is 246 g/mol. The molecule has 1 nitrogen and oxygen atoms in total. The van der Waals surface area contributed by atoms with Crippen LogP contribution in [-0.4, -0.2) is 13.2 Å². The predicted molar refractivity (Wildman–Crippen MR) is 76.6 cm³/mol. The standard InChI is InChI=1S/C15H22OSi/c1-13(9-8-12-17(2,3)4)15(16)14-10-6-5-7-11-14/h5-7,9-13,15-16H,1-4H3/t8?,13-,15?/m1/s1. The zero-order chi connectivity index (χ0) is 12.9. The topological polar surface area (TPSA) is 20.2 Å². The molecule has 1 N–H and O–H groups in total. The summed E-state index contributed by atoms with van der Waals surface area (Å²) in [7, 11) is -1.19. The van der Waals surface area contributed by atoms with E-state index in [2.05, 4.69) is 31.1 Å². The van der Waals surface area contributed by atoms with Crippen LogP contribution >= 0.6 is 0 Å². The highest BCUT2D eigenvalue weighted by atomic mass is 28.3. The Kier molecular flexibility index (Phi) is 4.95. The second-order valence-electron chi connectivity index (χ2n) is 5.56. The van der Waals surface area contributed by atoms with Crippen LogP contribution in [-0.2, 0) is 0 Å². The van der Waals surface area contributed by atoms with Gasteiger partial charge in [-0.2, -0.15) is 0 Å². The highest BCUT2D eigenvalue weighted by Gasteiger charge is 2.13. The zero-order valence-electron chi connectivity index (χ0n) is 11.1. The molecule has 0 heterocycles. The van der Waals surface area contributed by atoms with Crippen molar-refractivity contribution in [3.05, 3.63) is 53.4 Å². The molecule has 0 bridgehead atoms. The second-order valence-corrected chi connectivity index (χ2v) is 10.6. The molecular weight excluding hydrogens is 224 g/mol. The molecule has 1 aromatic carbocycles. The van der Waals surface area contributed by atoms with Crippen LogP contribution in [0.3, 0.4) is 0 Å². The first-order valence-electron chi connectivity index (χ1n) is 6.07. The summed E-state index contributed by atoms with van der Waals surface area (Å²) in [6.07, 6.45) is 1.52. The van der Waals surface area contributed by atoms with Crippen LogP contribution in [0.2, 0.25) is 19.6 Å². The third-order valence-electron chi connectivity index (χ3n) is 2.51. The van der Waals surface area contributed by atoms with Crippen LogP contribution in [0, 0.1) is 5.92 Å². The lowest BCUT2D eigenvalue weighted by Gasteiger charge is -2.15. The van der Waals surface area contributed by atoms with E-state index in [4.69, 9.17) is 0 Å². The van der Waals surface area contributed by atoms with Gasteiger partial charge in [-0.05, 0) is 11.6 Å². The molecule has 1 aromatic rings. The van der Waals surface area contributed by atoms with Crippen molar-refractivity contribution in [2.24, 2.45) is 5.92 Å². The molecule has 0 aromatic heterocycles. The van der Waals surface area contributed by atoms with Gasteiger partial charge >= 0.3 is 0 Å². The Labute approximate surface area is 106 Å². The molecular formula is C15H22OSi. The molecule has 0 radical (unpaired) electrons. The van der Waals surface area contributed by atoms with Gasteiger partial charge in [0.1, 0.15) is 0 Å². The maximum absolute atomic E-state index is 10.1. The minimum atomic E-state index is -1.19. The average Bonchev–Trinajstić information content (AvgIpc) is 2.27. The Morgan fingerprint density at radius 1 is 1.18 bits per heavy atom. The number of aliphatic hydroxyl groups excluding tert-OH is 1. The molecule has 2 atom stereocenters. The van der Waals surface area contributed by atoms with Crippen molar-refractivity contribution in [1.29, 1.82) is 0 Å². The highest BCUT2D eigenvalue weighted by molar-refractivity contribution is 6.80. The Morgan fingerprint density at radius 3 is 2.29 bits per heavy atom. The summed E-state index contributed by atoms with van der Waals surface area (Å²) in [6, 6.07) is 9.77. The van der Waals surface area contributed by atoms with Crippen molar-refractivity contribution >= 4 is 8.07 Å². The molecule has 1 rings (SSSR count). The van der Waals surface area contributed by atoms with E-state index in [0.29, 0.717) is 0 Å². The maximum Gasteiger partial charge on any atom is 0.0856 e. The molecule has 2 heteroatoms. The van der Waals surface area contributed by atoms with E-state index in [1.54, 1.807) is 0 Å². The third kappa shape index (κ3) is 5.18. The van der Waals surface area contributed by atoms with Gasteiger partial charge in [-0.15, -0.1) is 5.73 Å². The van der Waals surface area contributed by atoms with E-state index in [1.807, 2.05) is 43.3 Å². The maximum atomic E-state index is 10.1. The Hall–Kier alpha value is -1.08. The van der Waals surface area contributed by atoms with E-state index < -0.39 is 14.2 Å². The molecule has 0 aliphatic carbocycles. The summed E-state index contributed by atoms with van der Waals surface area (Å²) >= 11 is 0. The van der Waals surface area contributed by atoms with Gasteiger partial charge in [0.2, 0.25) is 0 Å². The first kappa shape index (κ1) is 14.0. The minimum absolute atomic E-state index is 0.0880. The molecule has 0 spiro atoms. The third-order valence-corrected chi connectivity index (χ3v) is 3.55. The Balaban J connectivity index is 2.72. The molecule has 17 heavy (non-hydrogen) atoms. The van der Waals surface area contributed by atoms with E-state index in [1.165, 1.54) is 0 Å². The van der Waals surface area contributed by atoms with Gasteiger partial charge in [0.25, 0.3) is 0 Å². The Bertz CT molecular complexity index is 397. The van der Waals surface area contributed by atoms with Crippen LogP contribution in [0.4, 0.5) is 0 Å². The monoisotopic (exact) mass is 246 g/mol. The van der Waals surface area contributed by atoms with Crippen LogP contribution in [0.5, 0.6) is 0 Å². The zero-order valence-corrected chi connectivity index (χ0v) is 12.1. The van der Waals surface area contributed by atoms with Crippen molar-refractivity contribution in [2.45, 2.75) is 32.7 Å². The minimum Gasteiger partial charge on any atom is -0.388 e. The summed E-state index contributed by atoms with van der Waals surface area (Å²) in [5.74, 6) is 0.0880. The molecule has 1 unspecified atom stereocenters. The molecule has 0 amide bonds. The first-order valence-corrected chi connectivity index (χ1v) is 9.64. The number of hydrogen-bond acceptors (Lipinski definition) is 1. The summed E-state index contributed by atoms with van der Waals surface area (Å²) in [6.45, 7) is 8.83. The van der Waals surface area contributed by atoms with Gasteiger partial charge in [-0.1, -0.05) is 62.6 Å². The van der Waals surface area contributed by atoms with Gasteiger partial charge in [0.15, 0.2) is 0 Å². The fourth-order valence-corrected chi connectivity index (χ4v) is 2.09. The lowest BCUT2D eigenvalue weighted by molar-refractivity contribution is 0.140. The van der Waals surface area contributed by atoms with Gasteiger partial charge in [-0.3, -0.25) is 0 Å². The number of hydrogen-bond donors (Lipinski definition) is 1.